The molecule has 0 aliphatic carbocycles. The van der Waals surface area contributed by atoms with Gasteiger partial charge in [-0.3, -0.25) is 4.90 Å². The Hall–Kier alpha value is -0.900. The third-order valence-electron chi connectivity index (χ3n) is 3.87. The number of benzene rings is 1. The number of aliphatic hydroxyl groups is 1. The fourth-order valence-electron chi connectivity index (χ4n) is 2.58. The van der Waals surface area contributed by atoms with Gasteiger partial charge in [0.1, 0.15) is 0 Å². The Morgan fingerprint density at radius 3 is 2.61 bits per heavy atom. The molecule has 0 spiro atoms. The number of β-amino-alcohol motifs (C(OH)–C–C–N with tert-alkyl or cyclic N) is 1. The van der Waals surface area contributed by atoms with Crippen molar-refractivity contribution in [1.82, 2.24) is 10.2 Å². The van der Waals surface area contributed by atoms with E-state index in [2.05, 4.69) is 24.1 Å². The molecule has 1 fully saturated rings. The van der Waals surface area contributed by atoms with Crippen molar-refractivity contribution >= 4 is 0 Å². The first-order chi connectivity index (χ1) is 8.42. The SMILES string of the molecule is CC(O)(CN1CCNCC1(C)C)c1ccccc1. The molecule has 1 aromatic carbocycles. The molecule has 3 nitrogen and oxygen atoms in total. The van der Waals surface area contributed by atoms with Crippen LogP contribution in [0.25, 0.3) is 0 Å². The minimum absolute atomic E-state index is 0.0943. The fourth-order valence-corrected chi connectivity index (χ4v) is 2.58. The van der Waals surface area contributed by atoms with Crippen LogP contribution in [0.3, 0.4) is 0 Å². The van der Waals surface area contributed by atoms with Gasteiger partial charge in [-0.2, -0.15) is 0 Å². The number of nitrogens with zero attached hydrogens (tertiary/aromatic N) is 1. The summed E-state index contributed by atoms with van der Waals surface area (Å²) in [5.41, 5.74) is 0.284. The highest BCUT2D eigenvalue weighted by molar-refractivity contribution is 5.22. The van der Waals surface area contributed by atoms with E-state index in [4.69, 9.17) is 0 Å². The quantitative estimate of drug-likeness (QED) is 0.852. The maximum absolute atomic E-state index is 10.7. The molecule has 0 saturated carbocycles. The van der Waals surface area contributed by atoms with Crippen LogP contribution >= 0.6 is 0 Å². The smallest absolute Gasteiger partial charge is 0.0995 e. The lowest BCUT2D eigenvalue weighted by Gasteiger charge is -2.45. The van der Waals surface area contributed by atoms with Crippen molar-refractivity contribution in [2.45, 2.75) is 31.9 Å². The molecule has 1 aliphatic heterocycles. The molecule has 2 N–H and O–H groups in total. The van der Waals surface area contributed by atoms with Crippen LogP contribution in [0.5, 0.6) is 0 Å². The van der Waals surface area contributed by atoms with E-state index in [1.165, 1.54) is 0 Å². The first-order valence-corrected chi connectivity index (χ1v) is 6.65. The van der Waals surface area contributed by atoms with E-state index in [1.807, 2.05) is 37.3 Å². The van der Waals surface area contributed by atoms with Gasteiger partial charge in [-0.25, -0.2) is 0 Å². The van der Waals surface area contributed by atoms with Crippen molar-refractivity contribution in [3.63, 3.8) is 0 Å². The van der Waals surface area contributed by atoms with Crippen LogP contribution in [0.4, 0.5) is 0 Å². The summed E-state index contributed by atoms with van der Waals surface area (Å²) in [6, 6.07) is 9.93. The molecule has 1 unspecified atom stereocenters. The fraction of sp³-hybridized carbons (Fsp3) is 0.600. The second-order valence-electron chi connectivity index (χ2n) is 6.05. The minimum Gasteiger partial charge on any atom is -0.384 e. The Morgan fingerprint density at radius 1 is 1.33 bits per heavy atom. The van der Waals surface area contributed by atoms with Crippen molar-refractivity contribution in [2.24, 2.45) is 0 Å². The molecule has 1 atom stereocenters. The summed E-state index contributed by atoms with van der Waals surface area (Å²) >= 11 is 0. The third kappa shape index (κ3) is 2.91. The van der Waals surface area contributed by atoms with Gasteiger partial charge in [0.05, 0.1) is 5.60 Å². The number of piperazine rings is 1. The van der Waals surface area contributed by atoms with Gasteiger partial charge in [-0.1, -0.05) is 30.3 Å². The van der Waals surface area contributed by atoms with Crippen LogP contribution < -0.4 is 5.32 Å². The van der Waals surface area contributed by atoms with Gasteiger partial charge in [-0.05, 0) is 26.3 Å². The zero-order chi connectivity index (χ0) is 13.2. The molecule has 1 aromatic rings. The van der Waals surface area contributed by atoms with E-state index >= 15 is 0 Å². The first kappa shape index (κ1) is 13.5. The Kier molecular flexibility index (Phi) is 3.76. The lowest BCUT2D eigenvalue weighted by Crippen LogP contribution is -2.60. The lowest BCUT2D eigenvalue weighted by atomic mass is 9.91. The number of hydrogen-bond donors (Lipinski definition) is 2. The molecule has 2 rings (SSSR count). The molecular weight excluding hydrogens is 224 g/mol. The molecule has 100 valence electrons. The molecular formula is C15H24N2O. The second-order valence-corrected chi connectivity index (χ2v) is 6.05. The zero-order valence-corrected chi connectivity index (χ0v) is 11.6. The van der Waals surface area contributed by atoms with Crippen LogP contribution in [0.1, 0.15) is 26.3 Å². The molecule has 0 amide bonds. The van der Waals surface area contributed by atoms with E-state index in [-0.39, 0.29) is 5.54 Å². The van der Waals surface area contributed by atoms with Gasteiger partial charge in [0.15, 0.2) is 0 Å². The molecule has 0 radical (unpaired) electrons. The van der Waals surface area contributed by atoms with Crippen LogP contribution in [0.15, 0.2) is 30.3 Å². The van der Waals surface area contributed by atoms with Crippen molar-refractivity contribution in [3.05, 3.63) is 35.9 Å². The van der Waals surface area contributed by atoms with Crippen molar-refractivity contribution in [1.29, 1.82) is 0 Å². The lowest BCUT2D eigenvalue weighted by molar-refractivity contribution is -0.0258. The van der Waals surface area contributed by atoms with Gasteiger partial charge in [-0.15, -0.1) is 0 Å². The topological polar surface area (TPSA) is 35.5 Å². The van der Waals surface area contributed by atoms with E-state index < -0.39 is 5.60 Å². The van der Waals surface area contributed by atoms with Crippen LogP contribution in [-0.4, -0.2) is 41.7 Å². The highest BCUT2D eigenvalue weighted by atomic mass is 16.3. The highest BCUT2D eigenvalue weighted by Gasteiger charge is 2.35. The summed E-state index contributed by atoms with van der Waals surface area (Å²) in [6.07, 6.45) is 0. The maximum atomic E-state index is 10.7. The first-order valence-electron chi connectivity index (χ1n) is 6.65. The molecule has 0 aromatic heterocycles. The predicted octanol–water partition coefficient (Wildman–Crippen LogP) is 1.58. The average Bonchev–Trinajstić information content (AvgIpc) is 2.33. The Bertz CT molecular complexity index is 387. The summed E-state index contributed by atoms with van der Waals surface area (Å²) in [5.74, 6) is 0. The largest absolute Gasteiger partial charge is 0.384 e. The normalized spacial score (nSPS) is 23.6. The van der Waals surface area contributed by atoms with E-state index in [9.17, 15) is 5.11 Å². The Balaban J connectivity index is 2.12. The van der Waals surface area contributed by atoms with E-state index in [1.54, 1.807) is 0 Å². The number of nitrogens with one attached hydrogen (secondary N) is 1. The van der Waals surface area contributed by atoms with Crippen molar-refractivity contribution in [2.75, 3.05) is 26.2 Å². The van der Waals surface area contributed by atoms with Crippen LogP contribution in [0.2, 0.25) is 0 Å². The zero-order valence-electron chi connectivity index (χ0n) is 11.6. The summed E-state index contributed by atoms with van der Waals surface area (Å²) in [6.45, 7) is 9.97. The maximum Gasteiger partial charge on any atom is 0.0995 e. The van der Waals surface area contributed by atoms with Crippen LogP contribution in [-0.2, 0) is 5.60 Å². The van der Waals surface area contributed by atoms with Gasteiger partial charge in [0.2, 0.25) is 0 Å². The van der Waals surface area contributed by atoms with Gasteiger partial charge in [0, 0.05) is 31.7 Å². The van der Waals surface area contributed by atoms with E-state index in [0.717, 1.165) is 25.2 Å². The number of hydrogen-bond acceptors (Lipinski definition) is 3. The van der Waals surface area contributed by atoms with Gasteiger partial charge < -0.3 is 10.4 Å². The summed E-state index contributed by atoms with van der Waals surface area (Å²) in [4.78, 5) is 2.37. The Morgan fingerprint density at radius 2 is 2.00 bits per heavy atom. The molecule has 1 aliphatic rings. The van der Waals surface area contributed by atoms with Gasteiger partial charge in [0.25, 0.3) is 0 Å². The average molecular weight is 248 g/mol. The minimum atomic E-state index is -0.796. The third-order valence-corrected chi connectivity index (χ3v) is 3.87. The van der Waals surface area contributed by atoms with Gasteiger partial charge >= 0.3 is 0 Å². The van der Waals surface area contributed by atoms with E-state index in [0.29, 0.717) is 6.54 Å². The second kappa shape index (κ2) is 5.00. The number of rotatable bonds is 3. The molecule has 3 heteroatoms. The standard InChI is InChI=1S/C15H24N2O/c1-14(2)11-16-9-10-17(14)12-15(3,18)13-7-5-4-6-8-13/h4-8,16,18H,9-12H2,1-3H3. The summed E-state index contributed by atoms with van der Waals surface area (Å²) in [5, 5.41) is 14.1. The van der Waals surface area contributed by atoms with Crippen molar-refractivity contribution in [3.8, 4) is 0 Å². The Labute approximate surface area is 110 Å². The predicted molar refractivity (Wildman–Crippen MR) is 74.5 cm³/mol. The highest BCUT2D eigenvalue weighted by Crippen LogP contribution is 2.26. The van der Waals surface area contributed by atoms with Crippen LogP contribution in [0, 0.1) is 0 Å². The summed E-state index contributed by atoms with van der Waals surface area (Å²) < 4.78 is 0. The van der Waals surface area contributed by atoms with Crippen molar-refractivity contribution < 1.29 is 5.11 Å². The monoisotopic (exact) mass is 248 g/mol. The molecule has 0 bridgehead atoms. The summed E-state index contributed by atoms with van der Waals surface area (Å²) in [7, 11) is 0. The molecule has 1 heterocycles. The molecule has 18 heavy (non-hydrogen) atoms. The molecule has 1 saturated heterocycles.